The number of aryl methyl sites for hydroxylation is 1. The molecule has 0 unspecified atom stereocenters. The van der Waals surface area contributed by atoms with Gasteiger partial charge in [-0.1, -0.05) is 54.9 Å². The topological polar surface area (TPSA) is 76.5 Å². The summed E-state index contributed by atoms with van der Waals surface area (Å²) in [6.07, 6.45) is 0.626. The van der Waals surface area contributed by atoms with Gasteiger partial charge in [-0.3, -0.25) is 9.59 Å². The van der Waals surface area contributed by atoms with Crippen LogP contribution in [0.2, 0.25) is 0 Å². The summed E-state index contributed by atoms with van der Waals surface area (Å²) in [5.74, 6) is 0.0803. The number of nitrogens with one attached hydrogen (secondary N) is 1. The van der Waals surface area contributed by atoms with Gasteiger partial charge in [0.05, 0.1) is 11.4 Å². The van der Waals surface area contributed by atoms with Crippen molar-refractivity contribution in [3.8, 4) is 5.69 Å². The van der Waals surface area contributed by atoms with Gasteiger partial charge >= 0.3 is 0 Å². The second kappa shape index (κ2) is 11.6. The van der Waals surface area contributed by atoms with Gasteiger partial charge in [0, 0.05) is 41.8 Å². The van der Waals surface area contributed by atoms with Crippen LogP contribution in [0.5, 0.6) is 0 Å². The highest BCUT2D eigenvalue weighted by Crippen LogP contribution is 2.27. The van der Waals surface area contributed by atoms with Crippen molar-refractivity contribution in [2.45, 2.75) is 39.5 Å². The molecule has 0 fully saturated rings. The van der Waals surface area contributed by atoms with Crippen LogP contribution in [0, 0.1) is 6.92 Å². The quantitative estimate of drug-likeness (QED) is 0.370. The van der Waals surface area contributed by atoms with Gasteiger partial charge in [0.15, 0.2) is 0 Å². The van der Waals surface area contributed by atoms with E-state index >= 15 is 0 Å². The van der Waals surface area contributed by atoms with Gasteiger partial charge in [-0.05, 0) is 49.2 Å². The van der Waals surface area contributed by atoms with Gasteiger partial charge < -0.3 is 15.0 Å². The molecule has 0 saturated carbocycles. The molecule has 35 heavy (non-hydrogen) atoms. The van der Waals surface area contributed by atoms with Crippen LogP contribution in [0.25, 0.3) is 5.69 Å². The fourth-order valence-corrected chi connectivity index (χ4v) is 3.87. The number of carbonyl (C=O) groups excluding carboxylic acids is 2. The first-order valence-corrected chi connectivity index (χ1v) is 12.4. The maximum Gasteiger partial charge on any atom is 0.254 e. The molecule has 3 aromatic rings. The van der Waals surface area contributed by atoms with Crippen molar-refractivity contribution in [3.63, 3.8) is 0 Å². The molecule has 186 valence electrons. The molecule has 7 nitrogen and oxygen atoms in total. The van der Waals surface area contributed by atoms with E-state index in [-0.39, 0.29) is 23.8 Å². The number of benzene rings is 2. The summed E-state index contributed by atoms with van der Waals surface area (Å²) in [6, 6.07) is 16.9. The van der Waals surface area contributed by atoms with Crippen molar-refractivity contribution in [1.29, 1.82) is 0 Å². The molecule has 3 rings (SSSR count). The molecule has 2 amide bonds. The van der Waals surface area contributed by atoms with Crippen molar-refractivity contribution in [1.82, 2.24) is 14.7 Å². The summed E-state index contributed by atoms with van der Waals surface area (Å²) in [6.45, 7) is 9.07. The molecular formula is C27H33BrN4O3. The van der Waals surface area contributed by atoms with E-state index in [1.807, 2.05) is 49.4 Å². The van der Waals surface area contributed by atoms with Gasteiger partial charge in [0.2, 0.25) is 5.91 Å². The number of amides is 2. The molecule has 1 aromatic heterocycles. The van der Waals surface area contributed by atoms with Crippen molar-refractivity contribution in [2.75, 3.05) is 32.1 Å². The third kappa shape index (κ3) is 7.02. The number of rotatable bonds is 9. The minimum Gasteiger partial charge on any atom is -0.385 e. The van der Waals surface area contributed by atoms with E-state index in [9.17, 15) is 9.59 Å². The molecule has 0 radical (unpaired) electrons. The van der Waals surface area contributed by atoms with Crippen LogP contribution in [0.3, 0.4) is 0 Å². The maximum absolute atomic E-state index is 13.2. The van der Waals surface area contributed by atoms with Gasteiger partial charge in [-0.2, -0.15) is 5.10 Å². The van der Waals surface area contributed by atoms with E-state index in [0.717, 1.165) is 21.4 Å². The Labute approximate surface area is 215 Å². The number of methoxy groups -OCH3 is 1. The predicted molar refractivity (Wildman–Crippen MR) is 142 cm³/mol. The lowest BCUT2D eigenvalue weighted by Crippen LogP contribution is -2.39. The fraction of sp³-hybridized carbons (Fsp3) is 0.370. The molecule has 0 aliphatic rings. The van der Waals surface area contributed by atoms with Crippen LogP contribution < -0.4 is 5.32 Å². The number of aromatic nitrogens is 2. The summed E-state index contributed by atoms with van der Waals surface area (Å²) in [4.78, 5) is 27.9. The van der Waals surface area contributed by atoms with Crippen molar-refractivity contribution in [2.24, 2.45) is 0 Å². The average molecular weight is 541 g/mol. The number of hydrogen-bond donors (Lipinski definition) is 1. The zero-order valence-corrected chi connectivity index (χ0v) is 22.6. The Balaban J connectivity index is 1.86. The minimum atomic E-state index is -0.289. The monoisotopic (exact) mass is 540 g/mol. The molecule has 0 bridgehead atoms. The highest BCUT2D eigenvalue weighted by Gasteiger charge is 2.24. The summed E-state index contributed by atoms with van der Waals surface area (Å²) in [5, 5.41) is 7.79. The fourth-order valence-electron chi connectivity index (χ4n) is 3.60. The van der Waals surface area contributed by atoms with E-state index in [0.29, 0.717) is 31.0 Å². The van der Waals surface area contributed by atoms with Crippen LogP contribution in [-0.4, -0.2) is 53.3 Å². The first-order valence-electron chi connectivity index (χ1n) is 11.6. The first kappa shape index (κ1) is 26.6. The van der Waals surface area contributed by atoms with Crippen molar-refractivity contribution in [3.05, 3.63) is 75.9 Å². The number of ether oxygens (including phenoxy) is 1. The molecule has 8 heteroatoms. The molecule has 0 saturated heterocycles. The van der Waals surface area contributed by atoms with E-state index in [1.165, 1.54) is 0 Å². The Morgan fingerprint density at radius 1 is 1.11 bits per heavy atom. The van der Waals surface area contributed by atoms with E-state index in [2.05, 4.69) is 42.0 Å². The number of para-hydroxylation sites is 1. The summed E-state index contributed by atoms with van der Waals surface area (Å²) in [7, 11) is 1.62. The molecule has 0 spiro atoms. The molecule has 1 N–H and O–H groups in total. The molecule has 1 heterocycles. The zero-order chi connectivity index (χ0) is 25.6. The molecule has 0 aliphatic carbocycles. The normalized spacial score (nSPS) is 11.4. The average Bonchev–Trinajstić information content (AvgIpc) is 3.23. The Hall–Kier alpha value is -2.97. The summed E-state index contributed by atoms with van der Waals surface area (Å²) < 4.78 is 7.80. The van der Waals surface area contributed by atoms with Crippen molar-refractivity contribution >= 4 is 33.6 Å². The second-order valence-electron chi connectivity index (χ2n) is 9.49. The van der Waals surface area contributed by atoms with E-state index in [1.54, 1.807) is 28.8 Å². The highest BCUT2D eigenvalue weighted by atomic mass is 79.9. The van der Waals surface area contributed by atoms with Crippen LogP contribution >= 0.6 is 15.9 Å². The number of anilines is 1. The molecule has 2 aromatic carbocycles. The molecule has 0 atom stereocenters. The third-order valence-corrected chi connectivity index (χ3v) is 6.11. The largest absolute Gasteiger partial charge is 0.385 e. The molecule has 0 aliphatic heterocycles. The SMILES string of the molecule is COCCCN(CC(=O)Nc1cc(C(C)(C)C)nn1-c1ccccc1C)C(=O)c1ccc(Br)cc1. The predicted octanol–water partition coefficient (Wildman–Crippen LogP) is 5.36. The summed E-state index contributed by atoms with van der Waals surface area (Å²) >= 11 is 3.39. The number of hydrogen-bond acceptors (Lipinski definition) is 4. The Morgan fingerprint density at radius 3 is 2.43 bits per heavy atom. The van der Waals surface area contributed by atoms with Crippen LogP contribution in [0.4, 0.5) is 5.82 Å². The minimum absolute atomic E-state index is 0.0809. The number of carbonyl (C=O) groups is 2. The second-order valence-corrected chi connectivity index (χ2v) is 10.4. The maximum atomic E-state index is 13.2. The number of halogens is 1. The standard InChI is InChI=1S/C27H33BrN4O3/c1-19-9-6-7-10-22(19)32-24(17-23(30-32)27(2,3)4)29-25(33)18-31(15-8-16-35-5)26(34)20-11-13-21(28)14-12-20/h6-7,9-14,17H,8,15-16,18H2,1-5H3,(H,29,33). The van der Waals surface area contributed by atoms with E-state index in [4.69, 9.17) is 9.84 Å². The van der Waals surface area contributed by atoms with Gasteiger partial charge in [0.25, 0.3) is 5.91 Å². The molecular weight excluding hydrogens is 508 g/mol. The van der Waals surface area contributed by atoms with Gasteiger partial charge in [-0.25, -0.2) is 4.68 Å². The van der Waals surface area contributed by atoms with Gasteiger partial charge in [-0.15, -0.1) is 0 Å². The zero-order valence-electron chi connectivity index (χ0n) is 21.0. The third-order valence-electron chi connectivity index (χ3n) is 5.58. The van der Waals surface area contributed by atoms with Crippen LogP contribution in [-0.2, 0) is 14.9 Å². The lowest BCUT2D eigenvalue weighted by Gasteiger charge is -2.22. The summed E-state index contributed by atoms with van der Waals surface area (Å²) in [5.41, 5.74) is 3.12. The highest BCUT2D eigenvalue weighted by molar-refractivity contribution is 9.10. The van der Waals surface area contributed by atoms with E-state index < -0.39 is 0 Å². The Morgan fingerprint density at radius 2 is 1.80 bits per heavy atom. The first-order chi connectivity index (χ1) is 16.6. The van der Waals surface area contributed by atoms with Crippen molar-refractivity contribution < 1.29 is 14.3 Å². The Bertz CT molecular complexity index is 1170. The van der Waals surface area contributed by atoms with Crippen LogP contribution in [0.1, 0.15) is 48.8 Å². The lowest BCUT2D eigenvalue weighted by molar-refractivity contribution is -0.117. The lowest BCUT2D eigenvalue weighted by atomic mass is 9.92. The Kier molecular flexibility index (Phi) is 8.86. The van der Waals surface area contributed by atoms with Gasteiger partial charge in [0.1, 0.15) is 12.4 Å². The smallest absolute Gasteiger partial charge is 0.254 e. The number of nitrogens with zero attached hydrogens (tertiary/aromatic N) is 3. The van der Waals surface area contributed by atoms with Crippen LogP contribution in [0.15, 0.2) is 59.1 Å².